The van der Waals surface area contributed by atoms with Gasteiger partial charge in [0.05, 0.1) is 6.10 Å². The Morgan fingerprint density at radius 2 is 2.04 bits per heavy atom. The van der Waals surface area contributed by atoms with E-state index in [0.29, 0.717) is 42.6 Å². The molecular weight excluding hydrogens is 318 g/mol. The summed E-state index contributed by atoms with van der Waals surface area (Å²) < 4.78 is 5.56. The molecule has 124 valence electrons. The molecule has 0 aliphatic heterocycles. The van der Waals surface area contributed by atoms with Crippen molar-refractivity contribution in [2.45, 2.75) is 32.3 Å². The molecule has 0 radical (unpaired) electrons. The number of benzene rings is 1. The molecule has 2 rings (SSSR count). The lowest BCUT2D eigenvalue weighted by Crippen LogP contribution is -2.29. The number of amides is 1. The summed E-state index contributed by atoms with van der Waals surface area (Å²) >= 11 is 5.84. The molecule has 0 bridgehead atoms. The second kappa shape index (κ2) is 8.08. The molecule has 0 fully saturated rings. The predicted molar refractivity (Wildman–Crippen MR) is 87.0 cm³/mol. The number of aliphatic hydroxyl groups is 1. The van der Waals surface area contributed by atoms with Gasteiger partial charge in [-0.25, -0.2) is 0 Å². The number of rotatable bonds is 7. The fourth-order valence-electron chi connectivity index (χ4n) is 1.97. The molecule has 1 unspecified atom stereocenters. The number of hydrogen-bond donors (Lipinski definition) is 1. The number of halogens is 1. The summed E-state index contributed by atoms with van der Waals surface area (Å²) in [4.78, 5) is 13.6. The summed E-state index contributed by atoms with van der Waals surface area (Å²) in [7, 11) is 1.72. The van der Waals surface area contributed by atoms with Crippen molar-refractivity contribution < 1.29 is 14.3 Å². The zero-order valence-electron chi connectivity index (χ0n) is 13.2. The van der Waals surface area contributed by atoms with Crippen LogP contribution in [0.3, 0.4) is 0 Å². The van der Waals surface area contributed by atoms with Gasteiger partial charge in [-0.1, -0.05) is 11.6 Å². The second-order valence-electron chi connectivity index (χ2n) is 5.46. The van der Waals surface area contributed by atoms with E-state index in [1.165, 1.54) is 0 Å². The average molecular weight is 338 g/mol. The highest BCUT2D eigenvalue weighted by molar-refractivity contribution is 6.30. The smallest absolute Gasteiger partial charge is 0.247 e. The highest BCUT2D eigenvalue weighted by atomic mass is 35.5. The summed E-state index contributed by atoms with van der Waals surface area (Å²) in [5.41, 5.74) is 0.786. The van der Waals surface area contributed by atoms with Crippen LogP contribution in [0.15, 0.2) is 28.7 Å². The first-order valence-corrected chi connectivity index (χ1v) is 7.84. The molecule has 6 nitrogen and oxygen atoms in total. The summed E-state index contributed by atoms with van der Waals surface area (Å²) in [6.07, 6.45) is 0.823. The summed E-state index contributed by atoms with van der Waals surface area (Å²) in [5, 5.41) is 17.8. The van der Waals surface area contributed by atoms with Crippen LogP contribution in [0.4, 0.5) is 0 Å². The van der Waals surface area contributed by atoms with Gasteiger partial charge in [0.15, 0.2) is 0 Å². The van der Waals surface area contributed by atoms with Crippen LogP contribution in [-0.4, -0.2) is 45.8 Å². The van der Waals surface area contributed by atoms with E-state index < -0.39 is 6.10 Å². The highest BCUT2D eigenvalue weighted by Gasteiger charge is 2.13. The van der Waals surface area contributed by atoms with Gasteiger partial charge in [-0.15, -0.1) is 10.2 Å². The van der Waals surface area contributed by atoms with Gasteiger partial charge in [0.25, 0.3) is 0 Å². The van der Waals surface area contributed by atoms with Crippen molar-refractivity contribution in [1.29, 1.82) is 0 Å². The van der Waals surface area contributed by atoms with Crippen LogP contribution < -0.4 is 0 Å². The summed E-state index contributed by atoms with van der Waals surface area (Å²) in [5.74, 6) is 0.815. The average Bonchev–Trinajstić information content (AvgIpc) is 2.99. The third kappa shape index (κ3) is 5.33. The summed E-state index contributed by atoms with van der Waals surface area (Å²) in [6, 6.07) is 7.10. The van der Waals surface area contributed by atoms with E-state index in [1.807, 2.05) is 0 Å². The van der Waals surface area contributed by atoms with E-state index in [4.69, 9.17) is 16.0 Å². The van der Waals surface area contributed by atoms with E-state index in [9.17, 15) is 9.90 Å². The fraction of sp³-hybridized carbons (Fsp3) is 0.438. The molecular formula is C16H20ClN3O3. The Bertz CT molecular complexity index is 640. The minimum absolute atomic E-state index is 0.0168. The molecule has 0 aliphatic rings. The maximum absolute atomic E-state index is 12.0. The Morgan fingerprint density at radius 3 is 2.70 bits per heavy atom. The molecule has 1 aromatic heterocycles. The van der Waals surface area contributed by atoms with E-state index in [0.717, 1.165) is 5.56 Å². The van der Waals surface area contributed by atoms with Crippen molar-refractivity contribution in [1.82, 2.24) is 15.1 Å². The van der Waals surface area contributed by atoms with E-state index in [-0.39, 0.29) is 5.91 Å². The minimum atomic E-state index is -0.414. The van der Waals surface area contributed by atoms with E-state index >= 15 is 0 Å². The third-order valence-corrected chi connectivity index (χ3v) is 3.67. The molecule has 7 heteroatoms. The molecule has 0 spiro atoms. The lowest BCUT2D eigenvalue weighted by molar-refractivity contribution is -0.130. The summed E-state index contributed by atoms with van der Waals surface area (Å²) in [6.45, 7) is 2.23. The first-order chi connectivity index (χ1) is 11.0. The fourth-order valence-corrected chi connectivity index (χ4v) is 2.10. The maximum atomic E-state index is 12.0. The number of aliphatic hydroxyl groups excluding tert-OH is 1. The molecule has 1 amide bonds. The van der Waals surface area contributed by atoms with Crippen molar-refractivity contribution in [2.75, 3.05) is 13.6 Å². The van der Waals surface area contributed by atoms with Gasteiger partial charge in [0.1, 0.15) is 0 Å². The topological polar surface area (TPSA) is 79.5 Å². The predicted octanol–water partition coefficient (Wildman–Crippen LogP) is 2.55. The zero-order chi connectivity index (χ0) is 16.8. The second-order valence-corrected chi connectivity index (χ2v) is 5.90. The number of nitrogens with zero attached hydrogens (tertiary/aromatic N) is 3. The molecule has 2 aromatic rings. The lowest BCUT2D eigenvalue weighted by Gasteiger charge is -2.17. The van der Waals surface area contributed by atoms with E-state index in [1.54, 1.807) is 43.1 Å². The molecule has 0 saturated heterocycles. The van der Waals surface area contributed by atoms with Crippen LogP contribution in [-0.2, 0) is 11.2 Å². The quantitative estimate of drug-likeness (QED) is 0.840. The SMILES string of the molecule is CC(O)CCN(C)C(=O)CCc1nnc(-c2ccc(Cl)cc2)o1. The van der Waals surface area contributed by atoms with Gasteiger partial charge in [-0.2, -0.15) is 0 Å². The Kier molecular flexibility index (Phi) is 6.12. The monoisotopic (exact) mass is 337 g/mol. The van der Waals surface area contributed by atoms with Crippen molar-refractivity contribution >= 4 is 17.5 Å². The molecule has 0 aliphatic carbocycles. The largest absolute Gasteiger partial charge is 0.421 e. The van der Waals surface area contributed by atoms with Crippen molar-refractivity contribution in [3.63, 3.8) is 0 Å². The number of aryl methyl sites for hydroxylation is 1. The molecule has 23 heavy (non-hydrogen) atoms. The molecule has 1 aromatic carbocycles. The van der Waals surface area contributed by atoms with Crippen molar-refractivity contribution in [2.24, 2.45) is 0 Å². The van der Waals surface area contributed by atoms with Gasteiger partial charge in [0.2, 0.25) is 17.7 Å². The Labute approximate surface area is 140 Å². The first-order valence-electron chi connectivity index (χ1n) is 7.46. The zero-order valence-corrected chi connectivity index (χ0v) is 14.0. The van der Waals surface area contributed by atoms with Crippen LogP contribution in [0.5, 0.6) is 0 Å². The first kappa shape index (κ1) is 17.4. The lowest BCUT2D eigenvalue weighted by atomic mass is 10.2. The van der Waals surface area contributed by atoms with Crippen LogP contribution in [0.2, 0.25) is 5.02 Å². The van der Waals surface area contributed by atoms with Crippen LogP contribution in [0.25, 0.3) is 11.5 Å². The molecule has 0 saturated carbocycles. The Morgan fingerprint density at radius 1 is 1.35 bits per heavy atom. The van der Waals surface area contributed by atoms with Gasteiger partial charge in [-0.05, 0) is 37.6 Å². The maximum Gasteiger partial charge on any atom is 0.247 e. The minimum Gasteiger partial charge on any atom is -0.421 e. The van der Waals surface area contributed by atoms with Gasteiger partial charge < -0.3 is 14.4 Å². The number of aromatic nitrogens is 2. The Hall–Kier alpha value is -1.92. The van der Waals surface area contributed by atoms with Crippen molar-refractivity contribution in [3.8, 4) is 11.5 Å². The van der Waals surface area contributed by atoms with Gasteiger partial charge in [-0.3, -0.25) is 4.79 Å². The number of hydrogen-bond acceptors (Lipinski definition) is 5. The third-order valence-electron chi connectivity index (χ3n) is 3.42. The normalized spacial score (nSPS) is 12.2. The van der Waals surface area contributed by atoms with Gasteiger partial charge in [0, 0.05) is 37.0 Å². The van der Waals surface area contributed by atoms with E-state index in [2.05, 4.69) is 10.2 Å². The molecule has 1 heterocycles. The standard InChI is InChI=1S/C16H20ClN3O3/c1-11(21)9-10-20(2)15(22)8-7-14-18-19-16(23-14)12-3-5-13(17)6-4-12/h3-6,11,21H,7-10H2,1-2H3. The number of carbonyl (C=O) groups excluding carboxylic acids is 1. The van der Waals surface area contributed by atoms with Crippen LogP contribution >= 0.6 is 11.6 Å². The van der Waals surface area contributed by atoms with Gasteiger partial charge >= 0.3 is 0 Å². The highest BCUT2D eigenvalue weighted by Crippen LogP contribution is 2.20. The van der Waals surface area contributed by atoms with Crippen molar-refractivity contribution in [3.05, 3.63) is 35.2 Å². The molecule has 1 N–H and O–H groups in total. The van der Waals surface area contributed by atoms with Crippen LogP contribution in [0.1, 0.15) is 25.7 Å². The number of carbonyl (C=O) groups is 1. The van der Waals surface area contributed by atoms with Crippen LogP contribution in [0, 0.1) is 0 Å². The molecule has 1 atom stereocenters. The Balaban J connectivity index is 1.87.